The molecule has 1 heterocycles. The van der Waals surface area contributed by atoms with E-state index in [-0.39, 0.29) is 5.88 Å². The molecule has 0 aliphatic rings. The Morgan fingerprint density at radius 3 is 2.87 bits per heavy atom. The lowest BCUT2D eigenvalue weighted by atomic mass is 10.2. The van der Waals surface area contributed by atoms with Gasteiger partial charge < -0.3 is 10.5 Å². The first kappa shape index (κ1) is 9.20. The number of carbonyl (C=O) groups excluding carboxylic acids is 1. The summed E-state index contributed by atoms with van der Waals surface area (Å²) in [5.74, 6) is 0.0942. The summed E-state index contributed by atoms with van der Waals surface area (Å²) in [6.45, 7) is 0. The van der Waals surface area contributed by atoms with Gasteiger partial charge in [0.2, 0.25) is 0 Å². The largest absolute Gasteiger partial charge is 0.436 e. The molecular weight excluding hydrogens is 196 g/mol. The van der Waals surface area contributed by atoms with E-state index in [4.69, 9.17) is 10.5 Å². The SMILES string of the molecule is NC(=O)c1ccccc1Oc1cn[nH]n1. The van der Waals surface area contributed by atoms with Crippen LogP contribution in [0.3, 0.4) is 0 Å². The van der Waals surface area contributed by atoms with Crippen molar-refractivity contribution >= 4 is 5.91 Å². The molecule has 0 aliphatic heterocycles. The number of benzene rings is 1. The van der Waals surface area contributed by atoms with Crippen LogP contribution in [0, 0.1) is 0 Å². The first-order chi connectivity index (χ1) is 7.27. The highest BCUT2D eigenvalue weighted by atomic mass is 16.5. The second-order valence-electron chi connectivity index (χ2n) is 2.77. The van der Waals surface area contributed by atoms with Gasteiger partial charge in [-0.1, -0.05) is 12.1 Å². The Labute approximate surface area is 85.1 Å². The molecule has 0 bridgehead atoms. The summed E-state index contributed by atoms with van der Waals surface area (Å²) in [4.78, 5) is 11.0. The number of aromatic nitrogens is 3. The number of carbonyl (C=O) groups is 1. The van der Waals surface area contributed by atoms with Crippen molar-refractivity contribution < 1.29 is 9.53 Å². The summed E-state index contributed by atoms with van der Waals surface area (Å²) < 4.78 is 5.31. The van der Waals surface area contributed by atoms with Crippen molar-refractivity contribution in [3.8, 4) is 11.6 Å². The van der Waals surface area contributed by atoms with E-state index in [1.807, 2.05) is 0 Å². The van der Waals surface area contributed by atoms with E-state index < -0.39 is 5.91 Å². The molecule has 76 valence electrons. The molecule has 15 heavy (non-hydrogen) atoms. The van der Waals surface area contributed by atoms with E-state index in [1.165, 1.54) is 6.20 Å². The molecule has 0 fully saturated rings. The molecule has 6 heteroatoms. The van der Waals surface area contributed by atoms with Crippen LogP contribution in [-0.4, -0.2) is 21.3 Å². The second-order valence-corrected chi connectivity index (χ2v) is 2.77. The lowest BCUT2D eigenvalue weighted by Gasteiger charge is -2.04. The highest BCUT2D eigenvalue weighted by molar-refractivity contribution is 5.95. The van der Waals surface area contributed by atoms with Gasteiger partial charge in [-0.15, -0.1) is 5.10 Å². The van der Waals surface area contributed by atoms with E-state index in [0.717, 1.165) is 0 Å². The van der Waals surface area contributed by atoms with Gasteiger partial charge in [0.1, 0.15) is 11.9 Å². The molecule has 0 unspecified atom stereocenters. The number of hydrogen-bond donors (Lipinski definition) is 2. The quantitative estimate of drug-likeness (QED) is 0.769. The van der Waals surface area contributed by atoms with Crippen molar-refractivity contribution in [2.24, 2.45) is 5.73 Å². The number of ether oxygens (including phenoxy) is 1. The molecule has 0 radical (unpaired) electrons. The van der Waals surface area contributed by atoms with Gasteiger partial charge in [-0.25, -0.2) is 0 Å². The maximum atomic E-state index is 11.0. The van der Waals surface area contributed by atoms with Crippen molar-refractivity contribution in [2.75, 3.05) is 0 Å². The Morgan fingerprint density at radius 2 is 2.20 bits per heavy atom. The van der Waals surface area contributed by atoms with Crippen molar-refractivity contribution in [3.05, 3.63) is 36.0 Å². The number of nitrogens with two attached hydrogens (primary N) is 1. The number of primary amides is 1. The summed E-state index contributed by atoms with van der Waals surface area (Å²) in [6, 6.07) is 6.66. The Kier molecular flexibility index (Phi) is 2.32. The molecular formula is C9H8N4O2. The minimum Gasteiger partial charge on any atom is -0.436 e. The number of para-hydroxylation sites is 1. The first-order valence-electron chi connectivity index (χ1n) is 4.20. The molecule has 0 spiro atoms. The number of amides is 1. The molecule has 1 amide bonds. The molecule has 6 nitrogen and oxygen atoms in total. The van der Waals surface area contributed by atoms with Crippen molar-refractivity contribution in [1.29, 1.82) is 0 Å². The zero-order valence-corrected chi connectivity index (χ0v) is 7.68. The summed E-state index contributed by atoms with van der Waals surface area (Å²) in [5.41, 5.74) is 5.49. The fraction of sp³-hybridized carbons (Fsp3) is 0. The number of rotatable bonds is 3. The van der Waals surface area contributed by atoms with Crippen LogP contribution in [0.2, 0.25) is 0 Å². The van der Waals surface area contributed by atoms with Crippen LogP contribution in [0.1, 0.15) is 10.4 Å². The average Bonchev–Trinajstić information content (AvgIpc) is 2.71. The molecule has 0 atom stereocenters. The third-order valence-corrected chi connectivity index (χ3v) is 1.76. The van der Waals surface area contributed by atoms with Crippen LogP contribution in [0.5, 0.6) is 11.6 Å². The van der Waals surface area contributed by atoms with E-state index in [0.29, 0.717) is 11.3 Å². The summed E-state index contributed by atoms with van der Waals surface area (Å²) in [7, 11) is 0. The van der Waals surface area contributed by atoms with Crippen LogP contribution in [0.15, 0.2) is 30.5 Å². The maximum Gasteiger partial charge on any atom is 0.258 e. The van der Waals surface area contributed by atoms with E-state index in [9.17, 15) is 4.79 Å². The van der Waals surface area contributed by atoms with Crippen LogP contribution in [0.4, 0.5) is 0 Å². The fourth-order valence-electron chi connectivity index (χ4n) is 1.11. The molecule has 0 saturated carbocycles. The Hall–Kier alpha value is -2.37. The average molecular weight is 204 g/mol. The highest BCUT2D eigenvalue weighted by Crippen LogP contribution is 2.22. The van der Waals surface area contributed by atoms with Crippen LogP contribution in [-0.2, 0) is 0 Å². The summed E-state index contributed by atoms with van der Waals surface area (Å²) in [5, 5.41) is 9.67. The monoisotopic (exact) mass is 204 g/mol. The number of nitrogens with zero attached hydrogens (tertiary/aromatic N) is 2. The van der Waals surface area contributed by atoms with Gasteiger partial charge in [0.25, 0.3) is 11.8 Å². The molecule has 2 rings (SSSR count). The Morgan fingerprint density at radius 1 is 1.40 bits per heavy atom. The third-order valence-electron chi connectivity index (χ3n) is 1.76. The van der Waals surface area contributed by atoms with Gasteiger partial charge in [-0.3, -0.25) is 4.79 Å². The van der Waals surface area contributed by atoms with E-state index in [2.05, 4.69) is 15.4 Å². The van der Waals surface area contributed by atoms with Gasteiger partial charge in [0.15, 0.2) is 0 Å². The zero-order valence-electron chi connectivity index (χ0n) is 7.68. The second kappa shape index (κ2) is 3.79. The topological polar surface area (TPSA) is 93.9 Å². The van der Waals surface area contributed by atoms with Gasteiger partial charge >= 0.3 is 0 Å². The third kappa shape index (κ3) is 1.93. The summed E-state index contributed by atoms with van der Waals surface area (Å²) >= 11 is 0. The predicted molar refractivity (Wildman–Crippen MR) is 51.4 cm³/mol. The molecule has 0 aliphatic carbocycles. The van der Waals surface area contributed by atoms with Gasteiger partial charge in [-0.05, 0) is 12.1 Å². The van der Waals surface area contributed by atoms with Gasteiger partial charge in [0, 0.05) is 0 Å². The maximum absolute atomic E-state index is 11.0. The van der Waals surface area contributed by atoms with Gasteiger partial charge in [-0.2, -0.15) is 10.3 Å². The highest BCUT2D eigenvalue weighted by Gasteiger charge is 2.09. The standard InChI is InChI=1S/C9H8N4O2/c10-9(14)6-3-1-2-4-7(6)15-8-5-11-13-12-8/h1-5H,(H2,10,14)(H,11,12,13). The van der Waals surface area contributed by atoms with Crippen LogP contribution >= 0.6 is 0 Å². The lowest BCUT2D eigenvalue weighted by molar-refractivity contribution is 0.0998. The minimum atomic E-state index is -0.547. The van der Waals surface area contributed by atoms with E-state index >= 15 is 0 Å². The Balaban J connectivity index is 2.32. The molecule has 2 aromatic rings. The fourth-order valence-corrected chi connectivity index (χ4v) is 1.11. The molecule has 1 aromatic carbocycles. The number of H-pyrrole nitrogens is 1. The van der Waals surface area contributed by atoms with Gasteiger partial charge in [0.05, 0.1) is 5.56 Å². The lowest BCUT2D eigenvalue weighted by Crippen LogP contribution is -2.11. The Bertz CT molecular complexity index is 467. The first-order valence-corrected chi connectivity index (χ1v) is 4.20. The number of hydrogen-bond acceptors (Lipinski definition) is 4. The minimum absolute atomic E-state index is 0.281. The van der Waals surface area contributed by atoms with Crippen LogP contribution < -0.4 is 10.5 Å². The summed E-state index contributed by atoms with van der Waals surface area (Å²) in [6.07, 6.45) is 1.40. The van der Waals surface area contributed by atoms with Crippen molar-refractivity contribution in [1.82, 2.24) is 15.4 Å². The van der Waals surface area contributed by atoms with Crippen molar-refractivity contribution in [3.63, 3.8) is 0 Å². The van der Waals surface area contributed by atoms with Crippen molar-refractivity contribution in [2.45, 2.75) is 0 Å². The number of nitrogens with one attached hydrogen (secondary N) is 1. The van der Waals surface area contributed by atoms with E-state index in [1.54, 1.807) is 24.3 Å². The number of aromatic amines is 1. The predicted octanol–water partition coefficient (Wildman–Crippen LogP) is 0.696. The molecule has 3 N–H and O–H groups in total. The molecule has 1 aromatic heterocycles. The van der Waals surface area contributed by atoms with Crippen LogP contribution in [0.25, 0.3) is 0 Å². The smallest absolute Gasteiger partial charge is 0.258 e. The zero-order chi connectivity index (χ0) is 10.7. The normalized spacial score (nSPS) is 9.87. The molecule has 0 saturated heterocycles.